The summed E-state index contributed by atoms with van der Waals surface area (Å²) in [6.07, 6.45) is 4.16. The number of aromatic nitrogens is 2. The van der Waals surface area contributed by atoms with Crippen LogP contribution in [0.1, 0.15) is 30.0 Å². The number of aliphatic hydroxyl groups is 1. The SMILES string of the molecule is N[C@H]1C[C@@H](O)[C@@H]1CC(=O)N1Cc2ccccc2C(n2cccn2)C1. The van der Waals surface area contributed by atoms with Gasteiger partial charge in [-0.15, -0.1) is 0 Å². The zero-order valence-electron chi connectivity index (χ0n) is 13.5. The van der Waals surface area contributed by atoms with Crippen molar-refractivity contribution in [2.24, 2.45) is 11.7 Å². The van der Waals surface area contributed by atoms with E-state index < -0.39 is 6.10 Å². The van der Waals surface area contributed by atoms with Crippen molar-refractivity contribution in [3.05, 3.63) is 53.9 Å². The van der Waals surface area contributed by atoms with E-state index in [1.165, 1.54) is 5.56 Å². The lowest BCUT2D eigenvalue weighted by molar-refractivity contribution is -0.137. The summed E-state index contributed by atoms with van der Waals surface area (Å²) in [6.45, 7) is 1.19. The van der Waals surface area contributed by atoms with Crippen LogP contribution in [0.2, 0.25) is 0 Å². The average molecular weight is 326 g/mol. The lowest BCUT2D eigenvalue weighted by atomic mass is 9.75. The standard InChI is InChI=1S/C18H22N4O2/c19-15-9-17(23)14(15)8-18(24)21-10-12-4-1-2-5-13(12)16(11-21)22-7-3-6-20-22/h1-7,14-17,23H,8-11,19H2/t14-,15+,16?,17-/m1/s1. The largest absolute Gasteiger partial charge is 0.393 e. The Hall–Kier alpha value is -2.18. The molecule has 3 N–H and O–H groups in total. The fraction of sp³-hybridized carbons (Fsp3) is 0.444. The molecule has 1 aliphatic heterocycles. The third kappa shape index (κ3) is 2.61. The number of fused-ring (bicyclic) bond motifs is 1. The van der Waals surface area contributed by atoms with Gasteiger partial charge in [0.25, 0.3) is 0 Å². The number of carbonyl (C=O) groups is 1. The fourth-order valence-corrected chi connectivity index (χ4v) is 3.80. The van der Waals surface area contributed by atoms with Crippen LogP contribution >= 0.6 is 0 Å². The molecule has 1 aliphatic carbocycles. The molecular weight excluding hydrogens is 304 g/mol. The van der Waals surface area contributed by atoms with Gasteiger partial charge in [0.2, 0.25) is 5.91 Å². The first-order valence-electron chi connectivity index (χ1n) is 8.42. The number of amides is 1. The van der Waals surface area contributed by atoms with Crippen molar-refractivity contribution in [2.45, 2.75) is 37.6 Å². The molecule has 0 spiro atoms. The van der Waals surface area contributed by atoms with Crippen LogP contribution in [0, 0.1) is 5.92 Å². The van der Waals surface area contributed by atoms with Crippen LogP contribution in [0.5, 0.6) is 0 Å². The summed E-state index contributed by atoms with van der Waals surface area (Å²) in [4.78, 5) is 14.6. The van der Waals surface area contributed by atoms with Gasteiger partial charge < -0.3 is 15.7 Å². The second-order valence-electron chi connectivity index (χ2n) is 6.81. The van der Waals surface area contributed by atoms with Crippen LogP contribution < -0.4 is 5.73 Å². The third-order valence-electron chi connectivity index (χ3n) is 5.33. The lowest BCUT2D eigenvalue weighted by Crippen LogP contribution is -2.53. The lowest BCUT2D eigenvalue weighted by Gasteiger charge is -2.41. The van der Waals surface area contributed by atoms with Crippen molar-refractivity contribution < 1.29 is 9.90 Å². The van der Waals surface area contributed by atoms with Gasteiger partial charge in [-0.05, 0) is 23.6 Å². The van der Waals surface area contributed by atoms with E-state index >= 15 is 0 Å². The maximum absolute atomic E-state index is 12.7. The molecule has 0 bridgehead atoms. The van der Waals surface area contributed by atoms with Gasteiger partial charge >= 0.3 is 0 Å². The summed E-state index contributed by atoms with van der Waals surface area (Å²) in [6, 6.07) is 10.0. The van der Waals surface area contributed by atoms with Crippen LogP contribution in [-0.4, -0.2) is 44.4 Å². The Labute approximate surface area is 140 Å². The van der Waals surface area contributed by atoms with E-state index in [9.17, 15) is 9.90 Å². The van der Waals surface area contributed by atoms with Crippen LogP contribution in [0.15, 0.2) is 42.7 Å². The van der Waals surface area contributed by atoms with E-state index in [1.807, 2.05) is 34.0 Å². The highest BCUT2D eigenvalue weighted by atomic mass is 16.3. The van der Waals surface area contributed by atoms with E-state index in [0.717, 1.165) is 5.56 Å². The molecule has 4 rings (SSSR count). The number of hydrogen-bond donors (Lipinski definition) is 2. The van der Waals surface area contributed by atoms with Gasteiger partial charge in [0.1, 0.15) is 0 Å². The number of nitrogens with zero attached hydrogens (tertiary/aromatic N) is 3. The zero-order chi connectivity index (χ0) is 16.7. The molecule has 0 saturated heterocycles. The number of benzene rings is 1. The van der Waals surface area contributed by atoms with Crippen molar-refractivity contribution >= 4 is 5.91 Å². The molecule has 1 aromatic heterocycles. The van der Waals surface area contributed by atoms with Crippen molar-refractivity contribution in [1.29, 1.82) is 0 Å². The van der Waals surface area contributed by atoms with Crippen molar-refractivity contribution in [3.63, 3.8) is 0 Å². The average Bonchev–Trinajstić information content (AvgIpc) is 3.13. The number of carbonyl (C=O) groups excluding carboxylic acids is 1. The van der Waals surface area contributed by atoms with Crippen molar-refractivity contribution in [2.75, 3.05) is 6.54 Å². The second-order valence-corrected chi connectivity index (χ2v) is 6.81. The molecule has 2 heterocycles. The van der Waals surface area contributed by atoms with Crippen molar-refractivity contribution in [1.82, 2.24) is 14.7 Å². The number of nitrogens with two attached hydrogens (primary N) is 1. The normalized spacial score (nSPS) is 29.0. The Balaban J connectivity index is 1.57. The summed E-state index contributed by atoms with van der Waals surface area (Å²) in [5.41, 5.74) is 8.29. The van der Waals surface area contributed by atoms with Gasteiger partial charge in [0, 0.05) is 43.9 Å². The Morgan fingerprint density at radius 1 is 1.33 bits per heavy atom. The molecule has 2 aromatic rings. The molecule has 6 heteroatoms. The molecule has 24 heavy (non-hydrogen) atoms. The minimum Gasteiger partial charge on any atom is -0.393 e. The van der Waals surface area contributed by atoms with E-state index in [4.69, 9.17) is 5.73 Å². The van der Waals surface area contributed by atoms with Crippen LogP contribution in [-0.2, 0) is 11.3 Å². The zero-order valence-corrected chi connectivity index (χ0v) is 13.5. The van der Waals surface area contributed by atoms with Crippen LogP contribution in [0.4, 0.5) is 0 Å². The molecule has 1 saturated carbocycles. The molecule has 0 radical (unpaired) electrons. The highest BCUT2D eigenvalue weighted by molar-refractivity contribution is 5.77. The van der Waals surface area contributed by atoms with E-state index in [0.29, 0.717) is 25.9 Å². The molecule has 1 fully saturated rings. The molecule has 4 atom stereocenters. The molecule has 2 aliphatic rings. The molecule has 6 nitrogen and oxygen atoms in total. The van der Waals surface area contributed by atoms with E-state index in [2.05, 4.69) is 17.2 Å². The minimum atomic E-state index is -0.442. The van der Waals surface area contributed by atoms with Gasteiger partial charge in [-0.25, -0.2) is 0 Å². The van der Waals surface area contributed by atoms with E-state index in [-0.39, 0.29) is 23.9 Å². The minimum absolute atomic E-state index is 0.0221. The summed E-state index contributed by atoms with van der Waals surface area (Å²) in [7, 11) is 0. The molecular formula is C18H22N4O2. The fourth-order valence-electron chi connectivity index (χ4n) is 3.80. The monoisotopic (exact) mass is 326 g/mol. The third-order valence-corrected chi connectivity index (χ3v) is 5.33. The highest BCUT2D eigenvalue weighted by Crippen LogP contribution is 2.33. The smallest absolute Gasteiger partial charge is 0.223 e. The second kappa shape index (κ2) is 6.03. The van der Waals surface area contributed by atoms with Gasteiger partial charge in [0.05, 0.1) is 12.1 Å². The summed E-state index contributed by atoms with van der Waals surface area (Å²) >= 11 is 0. The Morgan fingerprint density at radius 3 is 2.88 bits per heavy atom. The molecule has 1 aromatic carbocycles. The number of aliphatic hydroxyl groups excluding tert-OH is 1. The van der Waals surface area contributed by atoms with Crippen molar-refractivity contribution in [3.8, 4) is 0 Å². The molecule has 126 valence electrons. The van der Waals surface area contributed by atoms with Crippen LogP contribution in [0.25, 0.3) is 0 Å². The number of rotatable bonds is 3. The van der Waals surface area contributed by atoms with E-state index in [1.54, 1.807) is 6.20 Å². The van der Waals surface area contributed by atoms with Gasteiger partial charge in [-0.1, -0.05) is 24.3 Å². The maximum atomic E-state index is 12.7. The molecule has 1 amide bonds. The van der Waals surface area contributed by atoms with Crippen LogP contribution in [0.3, 0.4) is 0 Å². The first-order valence-corrected chi connectivity index (χ1v) is 8.42. The Morgan fingerprint density at radius 2 is 2.17 bits per heavy atom. The van der Waals surface area contributed by atoms with Gasteiger partial charge in [-0.2, -0.15) is 5.10 Å². The highest BCUT2D eigenvalue weighted by Gasteiger charge is 2.40. The Bertz CT molecular complexity index is 722. The first kappa shape index (κ1) is 15.4. The van der Waals surface area contributed by atoms with Gasteiger partial charge in [-0.3, -0.25) is 9.48 Å². The summed E-state index contributed by atoms with van der Waals surface area (Å²) in [5, 5.41) is 14.2. The summed E-state index contributed by atoms with van der Waals surface area (Å²) < 4.78 is 1.90. The first-order chi connectivity index (χ1) is 11.6. The van der Waals surface area contributed by atoms with Gasteiger partial charge in [0.15, 0.2) is 0 Å². The summed E-state index contributed by atoms with van der Waals surface area (Å²) in [5.74, 6) is -0.0568. The quantitative estimate of drug-likeness (QED) is 0.878. The maximum Gasteiger partial charge on any atom is 0.223 e. The number of hydrogen-bond acceptors (Lipinski definition) is 4. The predicted molar refractivity (Wildman–Crippen MR) is 88.9 cm³/mol. The predicted octanol–water partition coefficient (Wildman–Crippen LogP) is 0.913. The molecule has 1 unspecified atom stereocenters. The Kier molecular flexibility index (Phi) is 3.86. The topological polar surface area (TPSA) is 84.4 Å².